The van der Waals surface area contributed by atoms with Gasteiger partial charge in [0.2, 0.25) is 15.9 Å². The smallest absolute Gasteiger partial charge is 0.244 e. The van der Waals surface area contributed by atoms with E-state index in [2.05, 4.69) is 10.3 Å². The summed E-state index contributed by atoms with van der Waals surface area (Å²) in [6.07, 6.45) is 2.75. The van der Waals surface area contributed by atoms with Gasteiger partial charge in [-0.1, -0.05) is 37.6 Å². The number of pyridine rings is 1. The minimum atomic E-state index is -3.75. The molecular weight excluding hydrogens is 374 g/mol. The van der Waals surface area contributed by atoms with E-state index in [9.17, 15) is 13.2 Å². The molecule has 2 rings (SSSR count). The number of rotatable bonds is 7. The fraction of sp³-hybridized carbons (Fsp3) is 0.333. The first-order valence-electron chi connectivity index (χ1n) is 8.02. The van der Waals surface area contributed by atoms with Crippen LogP contribution in [0, 0.1) is 0 Å². The summed E-state index contributed by atoms with van der Waals surface area (Å²) in [5, 5.41) is 3.42. The highest BCUT2D eigenvalue weighted by atomic mass is 35.5. The van der Waals surface area contributed by atoms with Crippen molar-refractivity contribution in [3.63, 3.8) is 0 Å². The molecule has 8 heteroatoms. The second-order valence-electron chi connectivity index (χ2n) is 6.62. The predicted molar refractivity (Wildman–Crippen MR) is 102 cm³/mol. The van der Waals surface area contributed by atoms with Gasteiger partial charge in [-0.3, -0.25) is 9.78 Å². The van der Waals surface area contributed by atoms with Crippen LogP contribution >= 0.6 is 11.6 Å². The van der Waals surface area contributed by atoms with Gasteiger partial charge >= 0.3 is 0 Å². The first-order chi connectivity index (χ1) is 12.1. The Labute approximate surface area is 159 Å². The molecule has 1 N–H and O–H groups in total. The van der Waals surface area contributed by atoms with Crippen LogP contribution in [-0.2, 0) is 20.2 Å². The van der Waals surface area contributed by atoms with Crippen molar-refractivity contribution < 1.29 is 13.2 Å². The number of carbonyl (C=O) groups is 1. The molecule has 1 aromatic carbocycles. The zero-order valence-corrected chi connectivity index (χ0v) is 16.5. The normalized spacial score (nSPS) is 12.2. The average molecular weight is 396 g/mol. The number of nitrogens with zero attached hydrogens (tertiary/aromatic N) is 2. The summed E-state index contributed by atoms with van der Waals surface area (Å²) in [6.45, 7) is 4.04. The maximum atomic E-state index is 12.4. The van der Waals surface area contributed by atoms with Crippen LogP contribution in [0.5, 0.6) is 0 Å². The molecule has 1 aromatic heterocycles. The van der Waals surface area contributed by atoms with Crippen LogP contribution in [0.2, 0.25) is 5.02 Å². The van der Waals surface area contributed by atoms with Crippen molar-refractivity contribution in [2.45, 2.75) is 24.2 Å². The monoisotopic (exact) mass is 395 g/mol. The van der Waals surface area contributed by atoms with Crippen molar-refractivity contribution in [3.8, 4) is 0 Å². The number of halogens is 1. The van der Waals surface area contributed by atoms with E-state index in [0.29, 0.717) is 11.6 Å². The number of hydrogen-bond donors (Lipinski definition) is 1. The zero-order valence-electron chi connectivity index (χ0n) is 14.9. The van der Waals surface area contributed by atoms with Gasteiger partial charge < -0.3 is 5.32 Å². The molecular formula is C18H22ClN3O3S. The number of sulfonamides is 1. The molecule has 140 valence electrons. The van der Waals surface area contributed by atoms with E-state index in [-0.39, 0.29) is 22.8 Å². The standard InChI is InChI=1S/C18H22ClN3O3S/c1-18(2,14-6-4-7-15(19)10-14)13-21-17(23)12-22(3)26(24,25)16-8-5-9-20-11-16/h4-11H,12-13H2,1-3H3,(H,21,23). The van der Waals surface area contributed by atoms with Crippen molar-refractivity contribution >= 4 is 27.5 Å². The van der Waals surface area contributed by atoms with Crippen LogP contribution in [-0.4, -0.2) is 43.8 Å². The Bertz CT molecular complexity index is 870. The molecule has 26 heavy (non-hydrogen) atoms. The summed E-state index contributed by atoms with van der Waals surface area (Å²) >= 11 is 6.03. The van der Waals surface area contributed by atoms with E-state index < -0.39 is 10.0 Å². The van der Waals surface area contributed by atoms with Gasteiger partial charge in [0.05, 0.1) is 6.54 Å². The van der Waals surface area contributed by atoms with Gasteiger partial charge in [0.25, 0.3) is 0 Å². The molecule has 0 radical (unpaired) electrons. The van der Waals surface area contributed by atoms with Gasteiger partial charge in [-0.15, -0.1) is 0 Å². The lowest BCUT2D eigenvalue weighted by atomic mass is 9.84. The first kappa shape index (κ1) is 20.4. The molecule has 0 spiro atoms. The highest BCUT2D eigenvalue weighted by molar-refractivity contribution is 7.89. The number of nitrogens with one attached hydrogen (secondary N) is 1. The molecule has 6 nitrogen and oxygen atoms in total. The largest absolute Gasteiger partial charge is 0.354 e. The minimum absolute atomic E-state index is 0.0505. The summed E-state index contributed by atoms with van der Waals surface area (Å²) in [5.41, 5.74) is 0.642. The lowest BCUT2D eigenvalue weighted by molar-refractivity contribution is -0.121. The fourth-order valence-corrected chi connectivity index (χ4v) is 3.64. The molecule has 0 bridgehead atoms. The Morgan fingerprint density at radius 1 is 1.27 bits per heavy atom. The number of likely N-dealkylation sites (N-methyl/N-ethyl adjacent to an activating group) is 1. The highest BCUT2D eigenvalue weighted by Crippen LogP contribution is 2.24. The van der Waals surface area contributed by atoms with Crippen LogP contribution in [0.1, 0.15) is 19.4 Å². The van der Waals surface area contributed by atoms with Crippen molar-refractivity contribution in [1.29, 1.82) is 0 Å². The van der Waals surface area contributed by atoms with Crippen molar-refractivity contribution in [2.24, 2.45) is 0 Å². The van der Waals surface area contributed by atoms with Crippen molar-refractivity contribution in [1.82, 2.24) is 14.6 Å². The topological polar surface area (TPSA) is 79.4 Å². The van der Waals surface area contributed by atoms with Crippen molar-refractivity contribution in [2.75, 3.05) is 20.1 Å². The summed E-state index contributed by atoms with van der Waals surface area (Å²) in [7, 11) is -2.39. The van der Waals surface area contributed by atoms with Gasteiger partial charge in [0.15, 0.2) is 0 Å². The Morgan fingerprint density at radius 3 is 2.62 bits per heavy atom. The lowest BCUT2D eigenvalue weighted by Crippen LogP contribution is -2.42. The molecule has 0 aliphatic carbocycles. The Hall–Kier alpha value is -1.96. The SMILES string of the molecule is CN(CC(=O)NCC(C)(C)c1cccc(Cl)c1)S(=O)(=O)c1cccnc1. The molecule has 0 aliphatic rings. The third kappa shape index (κ3) is 5.03. The van der Waals surface area contributed by atoms with E-state index in [1.807, 2.05) is 32.0 Å². The molecule has 0 saturated heterocycles. The van der Waals surface area contributed by atoms with E-state index in [1.165, 1.54) is 31.6 Å². The molecule has 1 heterocycles. The number of aromatic nitrogens is 1. The van der Waals surface area contributed by atoms with Gasteiger partial charge in [0, 0.05) is 36.4 Å². The van der Waals surface area contributed by atoms with Crippen LogP contribution < -0.4 is 5.32 Å². The Balaban J connectivity index is 1.98. The van der Waals surface area contributed by atoms with Crippen LogP contribution in [0.15, 0.2) is 53.7 Å². The Morgan fingerprint density at radius 2 is 2.00 bits per heavy atom. The third-order valence-electron chi connectivity index (χ3n) is 4.04. The summed E-state index contributed by atoms with van der Waals surface area (Å²) in [4.78, 5) is 16.1. The maximum absolute atomic E-state index is 12.4. The maximum Gasteiger partial charge on any atom is 0.244 e. The number of benzene rings is 1. The van der Waals surface area contributed by atoms with Crippen LogP contribution in [0.4, 0.5) is 0 Å². The number of carbonyl (C=O) groups excluding carboxylic acids is 1. The third-order valence-corrected chi connectivity index (χ3v) is 6.06. The molecule has 0 saturated carbocycles. The van der Waals surface area contributed by atoms with Gasteiger partial charge in [0.1, 0.15) is 4.90 Å². The van der Waals surface area contributed by atoms with Crippen molar-refractivity contribution in [3.05, 3.63) is 59.4 Å². The van der Waals surface area contributed by atoms with Gasteiger partial charge in [-0.2, -0.15) is 4.31 Å². The quantitative estimate of drug-likeness (QED) is 0.780. The fourth-order valence-electron chi connectivity index (χ4n) is 2.35. The van der Waals surface area contributed by atoms with E-state index in [0.717, 1.165) is 9.87 Å². The minimum Gasteiger partial charge on any atom is -0.354 e. The van der Waals surface area contributed by atoms with E-state index in [4.69, 9.17) is 11.6 Å². The van der Waals surface area contributed by atoms with Gasteiger partial charge in [-0.25, -0.2) is 8.42 Å². The molecule has 1 amide bonds. The number of hydrogen-bond acceptors (Lipinski definition) is 4. The molecule has 2 aromatic rings. The molecule has 0 aliphatic heterocycles. The van der Waals surface area contributed by atoms with E-state index in [1.54, 1.807) is 6.07 Å². The summed E-state index contributed by atoms with van der Waals surface area (Å²) < 4.78 is 25.8. The first-order valence-corrected chi connectivity index (χ1v) is 9.84. The van der Waals surface area contributed by atoms with Gasteiger partial charge in [-0.05, 0) is 29.8 Å². The number of amides is 1. The van der Waals surface area contributed by atoms with E-state index >= 15 is 0 Å². The second-order valence-corrected chi connectivity index (χ2v) is 9.10. The zero-order chi connectivity index (χ0) is 19.4. The average Bonchev–Trinajstić information content (AvgIpc) is 2.61. The second kappa shape index (κ2) is 8.16. The molecule has 0 atom stereocenters. The predicted octanol–water partition coefficient (Wildman–Crippen LogP) is 2.45. The van der Waals surface area contributed by atoms with Crippen LogP contribution in [0.25, 0.3) is 0 Å². The Kier molecular flexibility index (Phi) is 6.39. The summed E-state index contributed by atoms with van der Waals surface area (Å²) in [6, 6.07) is 10.4. The lowest BCUT2D eigenvalue weighted by Gasteiger charge is -2.26. The van der Waals surface area contributed by atoms with Crippen LogP contribution in [0.3, 0.4) is 0 Å². The molecule has 0 fully saturated rings. The highest BCUT2D eigenvalue weighted by Gasteiger charge is 2.25. The summed E-state index contributed by atoms with van der Waals surface area (Å²) in [5.74, 6) is -0.380. The molecule has 0 unspecified atom stereocenters.